The van der Waals surface area contributed by atoms with Crippen molar-refractivity contribution < 1.29 is 9.59 Å². The molecule has 1 aromatic carbocycles. The minimum atomic E-state index is -0.721. The molecular weight excluding hydrogens is 324 g/mol. The minimum Gasteiger partial charge on any atom is -0.351 e. The Labute approximate surface area is 155 Å². The number of nitrogens with one attached hydrogen (secondary N) is 1. The molecule has 1 saturated carbocycles. The third kappa shape index (κ3) is 4.23. The first-order valence-corrected chi connectivity index (χ1v) is 9.16. The zero-order valence-corrected chi connectivity index (χ0v) is 14.9. The average Bonchev–Trinajstić information content (AvgIpc) is 3.35. The lowest BCUT2D eigenvalue weighted by Crippen LogP contribution is -2.46. The van der Waals surface area contributed by atoms with Crippen LogP contribution in [0.15, 0.2) is 54.1 Å². The van der Waals surface area contributed by atoms with Crippen LogP contribution in [-0.4, -0.2) is 29.3 Å². The molecule has 134 valence electrons. The zero-order chi connectivity index (χ0) is 18.4. The van der Waals surface area contributed by atoms with Gasteiger partial charge in [-0.05, 0) is 36.3 Å². The Balaban J connectivity index is 1.89. The molecular formula is C22H24N2O2. The topological polar surface area (TPSA) is 49.4 Å². The monoisotopic (exact) mass is 348 g/mol. The SMILES string of the molecule is C#CC(=O)N(CC1=CC=CC1)C(C(=O)NC1CCCC1)c1ccccc1. The van der Waals surface area contributed by atoms with Gasteiger partial charge in [0.2, 0.25) is 5.91 Å². The van der Waals surface area contributed by atoms with Gasteiger partial charge < -0.3 is 10.2 Å². The molecule has 1 atom stereocenters. The van der Waals surface area contributed by atoms with Crippen LogP contribution in [0.2, 0.25) is 0 Å². The molecule has 4 heteroatoms. The van der Waals surface area contributed by atoms with Gasteiger partial charge in [-0.1, -0.05) is 61.4 Å². The Kier molecular flexibility index (Phi) is 5.91. The number of benzene rings is 1. The molecule has 2 aliphatic carbocycles. The first-order chi connectivity index (χ1) is 12.7. The number of terminal acetylenes is 1. The first kappa shape index (κ1) is 18.0. The highest BCUT2D eigenvalue weighted by Crippen LogP contribution is 2.26. The molecule has 2 aliphatic rings. The fourth-order valence-electron chi connectivity index (χ4n) is 3.65. The van der Waals surface area contributed by atoms with Crippen molar-refractivity contribution in [2.75, 3.05) is 6.54 Å². The molecule has 0 saturated heterocycles. The molecule has 3 rings (SSSR count). The van der Waals surface area contributed by atoms with Crippen molar-refractivity contribution in [1.82, 2.24) is 10.2 Å². The van der Waals surface area contributed by atoms with Crippen LogP contribution in [0.1, 0.15) is 43.7 Å². The third-order valence-corrected chi connectivity index (χ3v) is 4.98. The van der Waals surface area contributed by atoms with Crippen LogP contribution in [0.25, 0.3) is 0 Å². The fraction of sp³-hybridized carbons (Fsp3) is 0.364. The van der Waals surface area contributed by atoms with Crippen LogP contribution in [0.5, 0.6) is 0 Å². The van der Waals surface area contributed by atoms with Gasteiger partial charge in [0.15, 0.2) is 0 Å². The van der Waals surface area contributed by atoms with Crippen molar-refractivity contribution in [1.29, 1.82) is 0 Å². The Bertz CT molecular complexity index is 752. The summed E-state index contributed by atoms with van der Waals surface area (Å²) in [4.78, 5) is 27.2. The Morgan fingerprint density at radius 2 is 1.96 bits per heavy atom. The normalized spacial score (nSPS) is 17.4. The number of carbonyl (C=O) groups is 2. The van der Waals surface area contributed by atoms with Crippen LogP contribution in [0.4, 0.5) is 0 Å². The first-order valence-electron chi connectivity index (χ1n) is 9.16. The summed E-state index contributed by atoms with van der Waals surface area (Å²) in [6.07, 6.45) is 16.4. The number of allylic oxidation sites excluding steroid dienone is 3. The van der Waals surface area contributed by atoms with E-state index in [-0.39, 0.29) is 11.9 Å². The second-order valence-electron chi connectivity index (χ2n) is 6.84. The van der Waals surface area contributed by atoms with E-state index in [0.29, 0.717) is 6.54 Å². The highest BCUT2D eigenvalue weighted by Gasteiger charge is 2.32. The number of hydrogen-bond donors (Lipinski definition) is 1. The van der Waals surface area contributed by atoms with Crippen molar-refractivity contribution in [3.63, 3.8) is 0 Å². The van der Waals surface area contributed by atoms with E-state index in [1.807, 2.05) is 48.6 Å². The van der Waals surface area contributed by atoms with Gasteiger partial charge in [-0.25, -0.2) is 0 Å². The van der Waals surface area contributed by atoms with E-state index >= 15 is 0 Å². The van der Waals surface area contributed by atoms with E-state index in [2.05, 4.69) is 11.2 Å². The smallest absolute Gasteiger partial charge is 0.299 e. The van der Waals surface area contributed by atoms with Gasteiger partial charge in [0.05, 0.1) is 0 Å². The number of carbonyl (C=O) groups excluding carboxylic acids is 2. The summed E-state index contributed by atoms with van der Waals surface area (Å²) in [6.45, 7) is 0.355. The maximum atomic E-state index is 13.1. The van der Waals surface area contributed by atoms with Crippen molar-refractivity contribution in [3.8, 4) is 12.3 Å². The van der Waals surface area contributed by atoms with Crippen molar-refractivity contribution in [2.24, 2.45) is 0 Å². The van der Waals surface area contributed by atoms with Crippen LogP contribution in [0, 0.1) is 12.3 Å². The van der Waals surface area contributed by atoms with Gasteiger partial charge in [-0.15, -0.1) is 6.42 Å². The lowest BCUT2D eigenvalue weighted by Gasteiger charge is -2.31. The zero-order valence-electron chi connectivity index (χ0n) is 14.9. The van der Waals surface area contributed by atoms with Gasteiger partial charge in [0.1, 0.15) is 6.04 Å². The molecule has 26 heavy (non-hydrogen) atoms. The van der Waals surface area contributed by atoms with E-state index in [1.54, 1.807) is 0 Å². The highest BCUT2D eigenvalue weighted by atomic mass is 16.2. The molecule has 1 aromatic rings. The van der Waals surface area contributed by atoms with E-state index in [0.717, 1.165) is 43.2 Å². The van der Waals surface area contributed by atoms with E-state index < -0.39 is 11.9 Å². The van der Waals surface area contributed by atoms with Gasteiger partial charge >= 0.3 is 0 Å². The van der Waals surface area contributed by atoms with Gasteiger partial charge in [0.25, 0.3) is 5.91 Å². The number of rotatable bonds is 6. The highest BCUT2D eigenvalue weighted by molar-refractivity contribution is 5.97. The predicted octanol–water partition coefficient (Wildman–Crippen LogP) is 3.13. The largest absolute Gasteiger partial charge is 0.351 e. The summed E-state index contributed by atoms with van der Waals surface area (Å²) in [5.41, 5.74) is 1.85. The maximum absolute atomic E-state index is 13.1. The quantitative estimate of drug-likeness (QED) is 0.803. The molecule has 0 aliphatic heterocycles. The van der Waals surface area contributed by atoms with Crippen LogP contribution < -0.4 is 5.32 Å². The molecule has 1 N–H and O–H groups in total. The summed E-state index contributed by atoms with van der Waals surface area (Å²) in [7, 11) is 0. The Morgan fingerprint density at radius 1 is 1.23 bits per heavy atom. The molecule has 1 fully saturated rings. The van der Waals surface area contributed by atoms with Gasteiger partial charge in [0, 0.05) is 12.6 Å². The molecule has 4 nitrogen and oxygen atoms in total. The van der Waals surface area contributed by atoms with Crippen LogP contribution in [0.3, 0.4) is 0 Å². The molecule has 1 unspecified atom stereocenters. The van der Waals surface area contributed by atoms with Crippen LogP contribution in [-0.2, 0) is 9.59 Å². The van der Waals surface area contributed by atoms with Crippen molar-refractivity contribution in [2.45, 2.75) is 44.2 Å². The van der Waals surface area contributed by atoms with Gasteiger partial charge in [-0.2, -0.15) is 0 Å². The summed E-state index contributed by atoms with van der Waals surface area (Å²) in [5, 5.41) is 3.13. The lowest BCUT2D eigenvalue weighted by atomic mass is 10.0. The second-order valence-corrected chi connectivity index (χ2v) is 6.84. The molecule has 0 bridgehead atoms. The fourth-order valence-corrected chi connectivity index (χ4v) is 3.65. The predicted molar refractivity (Wildman–Crippen MR) is 102 cm³/mol. The second kappa shape index (κ2) is 8.53. The summed E-state index contributed by atoms with van der Waals surface area (Å²) in [6, 6.07) is 8.85. The van der Waals surface area contributed by atoms with Gasteiger partial charge in [-0.3, -0.25) is 9.59 Å². The molecule has 0 radical (unpaired) electrons. The number of hydrogen-bond acceptors (Lipinski definition) is 2. The van der Waals surface area contributed by atoms with Crippen molar-refractivity contribution in [3.05, 3.63) is 59.7 Å². The maximum Gasteiger partial charge on any atom is 0.299 e. The standard InChI is InChI=1S/C22H24N2O2/c1-2-20(25)24(16-17-10-6-7-11-17)21(18-12-4-3-5-13-18)22(26)23-19-14-8-9-15-19/h1,3-7,10,12-13,19,21H,8-9,11,14-16H2,(H,23,26). The number of amides is 2. The average molecular weight is 348 g/mol. The van der Waals surface area contributed by atoms with Crippen LogP contribution >= 0.6 is 0 Å². The van der Waals surface area contributed by atoms with E-state index in [4.69, 9.17) is 6.42 Å². The Morgan fingerprint density at radius 3 is 2.58 bits per heavy atom. The van der Waals surface area contributed by atoms with E-state index in [1.165, 1.54) is 4.90 Å². The molecule has 0 aromatic heterocycles. The summed E-state index contributed by atoms with van der Waals surface area (Å²) < 4.78 is 0. The molecule has 0 heterocycles. The van der Waals surface area contributed by atoms with Crippen molar-refractivity contribution >= 4 is 11.8 Å². The third-order valence-electron chi connectivity index (χ3n) is 4.98. The number of nitrogens with zero attached hydrogens (tertiary/aromatic N) is 1. The molecule has 2 amide bonds. The Hall–Kier alpha value is -2.80. The summed E-state index contributed by atoms with van der Waals surface area (Å²) in [5.74, 6) is 1.58. The van der Waals surface area contributed by atoms with E-state index in [9.17, 15) is 9.59 Å². The minimum absolute atomic E-state index is 0.154. The lowest BCUT2D eigenvalue weighted by molar-refractivity contribution is -0.136. The molecule has 0 spiro atoms. The summed E-state index contributed by atoms with van der Waals surface area (Å²) >= 11 is 0.